The van der Waals surface area contributed by atoms with E-state index in [-0.39, 0.29) is 16.0 Å². The molecule has 0 amide bonds. The van der Waals surface area contributed by atoms with E-state index >= 15 is 0 Å². The summed E-state index contributed by atoms with van der Waals surface area (Å²) in [7, 11) is 0. The topological polar surface area (TPSA) is 72.4 Å². The molecule has 2 heterocycles. The summed E-state index contributed by atoms with van der Waals surface area (Å²) in [6.07, 6.45) is 1.02. The summed E-state index contributed by atoms with van der Waals surface area (Å²) in [4.78, 5) is 12.4. The van der Waals surface area contributed by atoms with Crippen molar-refractivity contribution in [2.45, 2.75) is 19.0 Å². The number of nitrogens with zero attached hydrogens (tertiary/aromatic N) is 2. The lowest BCUT2D eigenvalue weighted by molar-refractivity contribution is -0.380. The van der Waals surface area contributed by atoms with Crippen LogP contribution in [0.15, 0.2) is 11.4 Å². The molecule has 5 nitrogen and oxygen atoms in total. The SMILES string of the molecule is NC1CCN(Cc2csc([N+](=O)[O-])c2)C1. The molecule has 2 N–H and O–H groups in total. The monoisotopic (exact) mass is 227 g/mol. The maximum atomic E-state index is 10.5. The minimum atomic E-state index is -0.343. The van der Waals surface area contributed by atoms with Gasteiger partial charge in [-0.15, -0.1) is 0 Å². The van der Waals surface area contributed by atoms with Gasteiger partial charge >= 0.3 is 5.00 Å². The molecular formula is C9H13N3O2S. The van der Waals surface area contributed by atoms with E-state index < -0.39 is 0 Å². The van der Waals surface area contributed by atoms with Crippen LogP contribution in [-0.2, 0) is 6.54 Å². The number of nitro groups is 1. The average molecular weight is 227 g/mol. The van der Waals surface area contributed by atoms with Crippen LogP contribution in [0.2, 0.25) is 0 Å². The van der Waals surface area contributed by atoms with E-state index in [0.29, 0.717) is 0 Å². The third kappa shape index (κ3) is 2.53. The molecule has 0 spiro atoms. The van der Waals surface area contributed by atoms with Crippen LogP contribution >= 0.6 is 11.3 Å². The number of nitrogens with two attached hydrogens (primary N) is 1. The molecule has 1 aliphatic heterocycles. The summed E-state index contributed by atoms with van der Waals surface area (Å²) in [6, 6.07) is 1.91. The minimum Gasteiger partial charge on any atom is -0.326 e. The molecule has 1 unspecified atom stereocenters. The van der Waals surface area contributed by atoms with Gasteiger partial charge in [-0.2, -0.15) is 0 Å². The van der Waals surface area contributed by atoms with Crippen LogP contribution in [-0.4, -0.2) is 29.0 Å². The van der Waals surface area contributed by atoms with Crippen LogP contribution in [0.25, 0.3) is 0 Å². The first-order chi connectivity index (χ1) is 7.15. The molecule has 6 heteroatoms. The Bertz CT molecular complexity index is 366. The molecule has 0 bridgehead atoms. The van der Waals surface area contributed by atoms with Crippen LogP contribution in [0.1, 0.15) is 12.0 Å². The van der Waals surface area contributed by atoms with Crippen molar-refractivity contribution in [3.05, 3.63) is 27.1 Å². The van der Waals surface area contributed by atoms with E-state index in [2.05, 4.69) is 4.90 Å². The zero-order valence-corrected chi connectivity index (χ0v) is 9.07. The Kier molecular flexibility index (Phi) is 2.99. The highest BCUT2D eigenvalue weighted by atomic mass is 32.1. The second kappa shape index (κ2) is 4.26. The van der Waals surface area contributed by atoms with Gasteiger partial charge in [0, 0.05) is 37.1 Å². The van der Waals surface area contributed by atoms with E-state index in [1.165, 1.54) is 11.3 Å². The van der Waals surface area contributed by atoms with Crippen molar-refractivity contribution in [3.63, 3.8) is 0 Å². The minimum absolute atomic E-state index is 0.216. The van der Waals surface area contributed by atoms with Crippen molar-refractivity contribution in [2.24, 2.45) is 5.73 Å². The van der Waals surface area contributed by atoms with Crippen LogP contribution in [0.3, 0.4) is 0 Å². The highest BCUT2D eigenvalue weighted by Crippen LogP contribution is 2.24. The van der Waals surface area contributed by atoms with Crippen molar-refractivity contribution in [1.29, 1.82) is 0 Å². The van der Waals surface area contributed by atoms with E-state index in [4.69, 9.17) is 5.73 Å². The normalized spacial score (nSPS) is 22.1. The highest BCUT2D eigenvalue weighted by Gasteiger charge is 2.20. The summed E-state index contributed by atoms with van der Waals surface area (Å²) in [6.45, 7) is 2.66. The molecular weight excluding hydrogens is 214 g/mol. The van der Waals surface area contributed by atoms with E-state index in [1.54, 1.807) is 6.07 Å². The molecule has 1 saturated heterocycles. The van der Waals surface area contributed by atoms with E-state index in [0.717, 1.165) is 31.6 Å². The molecule has 0 aliphatic carbocycles. The van der Waals surface area contributed by atoms with Crippen molar-refractivity contribution in [3.8, 4) is 0 Å². The Morgan fingerprint density at radius 2 is 2.53 bits per heavy atom. The first kappa shape index (κ1) is 10.5. The smallest absolute Gasteiger partial charge is 0.324 e. The lowest BCUT2D eigenvalue weighted by Gasteiger charge is -2.13. The molecule has 1 aromatic rings. The predicted octanol–water partition coefficient (Wildman–Crippen LogP) is 1.19. The van der Waals surface area contributed by atoms with Gasteiger partial charge in [-0.25, -0.2) is 0 Å². The maximum Gasteiger partial charge on any atom is 0.324 e. The van der Waals surface area contributed by atoms with Gasteiger partial charge in [0.2, 0.25) is 0 Å². The fourth-order valence-corrected chi connectivity index (χ4v) is 2.53. The van der Waals surface area contributed by atoms with Crippen LogP contribution < -0.4 is 5.73 Å². The van der Waals surface area contributed by atoms with Gasteiger partial charge in [-0.1, -0.05) is 11.3 Å². The first-order valence-corrected chi connectivity index (χ1v) is 5.73. The maximum absolute atomic E-state index is 10.5. The Morgan fingerprint density at radius 3 is 3.07 bits per heavy atom. The number of thiophene rings is 1. The number of hydrogen-bond acceptors (Lipinski definition) is 5. The summed E-state index contributed by atoms with van der Waals surface area (Å²) in [5.74, 6) is 0. The molecule has 0 radical (unpaired) electrons. The summed E-state index contributed by atoms with van der Waals surface area (Å²) >= 11 is 1.18. The van der Waals surface area contributed by atoms with Crippen LogP contribution in [0, 0.1) is 10.1 Å². The van der Waals surface area contributed by atoms with Crippen LogP contribution in [0.4, 0.5) is 5.00 Å². The summed E-state index contributed by atoms with van der Waals surface area (Å²) < 4.78 is 0. The zero-order valence-electron chi connectivity index (χ0n) is 8.26. The van der Waals surface area contributed by atoms with Gasteiger partial charge in [0.1, 0.15) is 0 Å². The zero-order chi connectivity index (χ0) is 10.8. The van der Waals surface area contributed by atoms with Gasteiger partial charge < -0.3 is 5.73 Å². The number of likely N-dealkylation sites (tertiary alicyclic amines) is 1. The van der Waals surface area contributed by atoms with Crippen LogP contribution in [0.5, 0.6) is 0 Å². The molecule has 1 aliphatic rings. The predicted molar refractivity (Wildman–Crippen MR) is 58.8 cm³/mol. The fourth-order valence-electron chi connectivity index (χ4n) is 1.81. The average Bonchev–Trinajstić information content (AvgIpc) is 2.76. The van der Waals surface area contributed by atoms with Crippen molar-refractivity contribution >= 4 is 16.3 Å². The lowest BCUT2D eigenvalue weighted by Crippen LogP contribution is -2.26. The van der Waals surface area contributed by atoms with Gasteiger partial charge in [-0.3, -0.25) is 15.0 Å². The van der Waals surface area contributed by atoms with Crippen molar-refractivity contribution in [2.75, 3.05) is 13.1 Å². The molecule has 0 aromatic carbocycles. The lowest BCUT2D eigenvalue weighted by atomic mass is 10.3. The van der Waals surface area contributed by atoms with Gasteiger partial charge in [0.15, 0.2) is 0 Å². The molecule has 0 saturated carbocycles. The Balaban J connectivity index is 1.96. The molecule has 1 fully saturated rings. The Morgan fingerprint density at radius 1 is 1.73 bits per heavy atom. The molecule has 1 atom stereocenters. The standard InChI is InChI=1S/C9H13N3O2S/c10-8-1-2-11(5-8)4-7-3-9(12(13)14)15-6-7/h3,6,8H,1-2,4-5,10H2. The highest BCUT2D eigenvalue weighted by molar-refractivity contribution is 7.13. The Labute approximate surface area is 91.6 Å². The fraction of sp³-hybridized carbons (Fsp3) is 0.556. The molecule has 82 valence electrons. The van der Waals surface area contributed by atoms with Gasteiger partial charge in [0.05, 0.1) is 4.92 Å². The number of hydrogen-bond donors (Lipinski definition) is 1. The third-order valence-electron chi connectivity index (χ3n) is 2.53. The molecule has 2 rings (SSSR count). The van der Waals surface area contributed by atoms with Gasteiger partial charge in [0.25, 0.3) is 0 Å². The largest absolute Gasteiger partial charge is 0.326 e. The van der Waals surface area contributed by atoms with Gasteiger partial charge in [-0.05, 0) is 12.0 Å². The Hall–Kier alpha value is -0.980. The second-order valence-electron chi connectivity index (χ2n) is 3.83. The van der Waals surface area contributed by atoms with E-state index in [9.17, 15) is 10.1 Å². The molecule has 1 aromatic heterocycles. The summed E-state index contributed by atoms with van der Waals surface area (Å²) in [5.41, 5.74) is 6.80. The second-order valence-corrected chi connectivity index (χ2v) is 4.72. The number of rotatable bonds is 3. The summed E-state index contributed by atoms with van der Waals surface area (Å²) in [5, 5.41) is 12.6. The third-order valence-corrected chi connectivity index (χ3v) is 3.46. The van der Waals surface area contributed by atoms with Crippen molar-refractivity contribution in [1.82, 2.24) is 4.90 Å². The molecule has 15 heavy (non-hydrogen) atoms. The quantitative estimate of drug-likeness (QED) is 0.622. The van der Waals surface area contributed by atoms with Crippen molar-refractivity contribution < 1.29 is 4.92 Å². The van der Waals surface area contributed by atoms with E-state index in [1.807, 2.05) is 5.38 Å². The first-order valence-electron chi connectivity index (χ1n) is 4.85.